The largest absolute Gasteiger partial charge is 0.341 e. The fourth-order valence-corrected chi connectivity index (χ4v) is 3.19. The first kappa shape index (κ1) is 20.4. The molecule has 0 aliphatic rings. The summed E-state index contributed by atoms with van der Waals surface area (Å²) in [6.07, 6.45) is 0.490. The molecule has 0 spiro atoms. The fourth-order valence-electron chi connectivity index (χ4n) is 2.72. The minimum absolute atomic E-state index is 0.0550. The van der Waals surface area contributed by atoms with Crippen molar-refractivity contribution in [2.45, 2.75) is 25.9 Å². The van der Waals surface area contributed by atoms with Crippen molar-refractivity contribution < 1.29 is 14.5 Å². The van der Waals surface area contributed by atoms with Crippen LogP contribution >= 0.6 is 23.2 Å². The Morgan fingerprint density at radius 1 is 1.12 bits per heavy atom. The second-order valence-electron chi connectivity index (χ2n) is 6.47. The first-order chi connectivity index (χ1) is 12.3. The molecule has 1 unspecified atom stereocenters. The van der Waals surface area contributed by atoms with Crippen LogP contribution in [0.25, 0.3) is 0 Å². The third-order valence-corrected chi connectivity index (χ3v) is 4.67. The number of benzene rings is 2. The molecule has 0 aliphatic heterocycles. The van der Waals surface area contributed by atoms with Gasteiger partial charge in [0, 0.05) is 10.6 Å². The summed E-state index contributed by atoms with van der Waals surface area (Å²) < 4.78 is 0. The smallest absolute Gasteiger partial charge is 0.275 e. The van der Waals surface area contributed by atoms with E-state index >= 15 is 0 Å². The molecule has 0 radical (unpaired) electrons. The Kier molecular flexibility index (Phi) is 7.64. The van der Waals surface area contributed by atoms with Crippen LogP contribution in [0.2, 0.25) is 10.0 Å². The molecule has 26 heavy (non-hydrogen) atoms. The van der Waals surface area contributed by atoms with Gasteiger partial charge in [-0.15, -0.1) is 0 Å². The average Bonchev–Trinajstić information content (AvgIpc) is 2.57. The molecule has 0 saturated heterocycles. The number of rotatable bonds is 8. The molecule has 0 bridgehead atoms. The lowest BCUT2D eigenvalue weighted by Crippen LogP contribution is -3.09. The number of carbonyl (C=O) groups excluding carboxylic acids is 2. The maximum atomic E-state index is 12.3. The summed E-state index contributed by atoms with van der Waals surface area (Å²) in [5.41, 5.74) is 1.94. The van der Waals surface area contributed by atoms with Crippen LogP contribution in [-0.2, 0) is 22.6 Å². The summed E-state index contributed by atoms with van der Waals surface area (Å²) in [7, 11) is 1.91. The monoisotopic (exact) mass is 393 g/mol. The Bertz CT molecular complexity index is 766. The van der Waals surface area contributed by atoms with Gasteiger partial charge in [0.25, 0.3) is 5.91 Å². The SMILES string of the molecule is CC(=O)[C@H](Cc1ccccc1)NC(=O)C[NH+](C)Cc1ccc(Cl)cc1Cl. The number of halogens is 2. The van der Waals surface area contributed by atoms with Crippen LogP contribution < -0.4 is 10.2 Å². The zero-order valence-corrected chi connectivity index (χ0v) is 16.4. The molecular formula is C20H23Cl2N2O2+. The van der Waals surface area contributed by atoms with E-state index in [2.05, 4.69) is 5.32 Å². The van der Waals surface area contributed by atoms with Crippen LogP contribution in [0.3, 0.4) is 0 Å². The Hall–Kier alpha value is -1.88. The molecule has 0 aromatic heterocycles. The maximum Gasteiger partial charge on any atom is 0.275 e. The van der Waals surface area contributed by atoms with Crippen LogP contribution in [0.1, 0.15) is 18.1 Å². The highest BCUT2D eigenvalue weighted by Crippen LogP contribution is 2.20. The number of carbonyl (C=O) groups is 2. The van der Waals surface area contributed by atoms with Gasteiger partial charge in [-0.25, -0.2) is 0 Å². The van der Waals surface area contributed by atoms with Crippen molar-refractivity contribution in [3.8, 4) is 0 Å². The third kappa shape index (κ3) is 6.45. The number of ketones is 1. The first-order valence-electron chi connectivity index (χ1n) is 8.44. The summed E-state index contributed by atoms with van der Waals surface area (Å²) in [5, 5.41) is 4.01. The van der Waals surface area contributed by atoms with E-state index in [0.29, 0.717) is 23.0 Å². The highest BCUT2D eigenvalue weighted by Gasteiger charge is 2.20. The summed E-state index contributed by atoms with van der Waals surface area (Å²) in [6, 6.07) is 14.5. The molecule has 2 atom stereocenters. The lowest BCUT2D eigenvalue weighted by Gasteiger charge is -2.19. The summed E-state index contributed by atoms with van der Waals surface area (Å²) >= 11 is 12.1. The maximum absolute atomic E-state index is 12.3. The first-order valence-corrected chi connectivity index (χ1v) is 9.19. The fraction of sp³-hybridized carbons (Fsp3) is 0.300. The summed E-state index contributed by atoms with van der Waals surface area (Å²) in [4.78, 5) is 25.2. The molecule has 0 fully saturated rings. The van der Waals surface area contributed by atoms with E-state index in [1.54, 1.807) is 12.1 Å². The molecule has 0 aliphatic carbocycles. The Labute approximate surface area is 164 Å². The molecule has 2 aromatic rings. The number of quaternary nitrogens is 1. The van der Waals surface area contributed by atoms with E-state index in [-0.39, 0.29) is 18.2 Å². The molecule has 0 heterocycles. The van der Waals surface area contributed by atoms with Crippen molar-refractivity contribution in [1.82, 2.24) is 5.32 Å². The van der Waals surface area contributed by atoms with Gasteiger partial charge < -0.3 is 10.2 Å². The predicted molar refractivity (Wildman–Crippen MR) is 105 cm³/mol. The molecule has 6 heteroatoms. The van der Waals surface area contributed by atoms with Gasteiger partial charge >= 0.3 is 0 Å². The van der Waals surface area contributed by atoms with Crippen molar-refractivity contribution in [1.29, 1.82) is 0 Å². The van der Waals surface area contributed by atoms with Crippen LogP contribution in [-0.4, -0.2) is 31.3 Å². The molecule has 138 valence electrons. The Morgan fingerprint density at radius 2 is 1.81 bits per heavy atom. The van der Waals surface area contributed by atoms with Gasteiger partial charge in [-0.1, -0.05) is 59.6 Å². The van der Waals surface area contributed by atoms with Crippen molar-refractivity contribution in [2.24, 2.45) is 0 Å². The number of likely N-dealkylation sites (N-methyl/N-ethyl adjacent to an activating group) is 1. The van der Waals surface area contributed by atoms with E-state index < -0.39 is 6.04 Å². The van der Waals surface area contributed by atoms with Crippen LogP contribution in [0.5, 0.6) is 0 Å². The van der Waals surface area contributed by atoms with Crippen molar-refractivity contribution in [3.63, 3.8) is 0 Å². The zero-order chi connectivity index (χ0) is 19.1. The third-order valence-electron chi connectivity index (χ3n) is 4.08. The molecular weight excluding hydrogens is 371 g/mol. The Balaban J connectivity index is 1.91. The van der Waals surface area contributed by atoms with E-state index in [0.717, 1.165) is 16.0 Å². The molecule has 2 N–H and O–H groups in total. The number of Topliss-reactive ketones (excluding diaryl/α,β-unsaturated/α-hetero) is 1. The van der Waals surface area contributed by atoms with E-state index in [4.69, 9.17) is 23.2 Å². The highest BCUT2D eigenvalue weighted by molar-refractivity contribution is 6.35. The lowest BCUT2D eigenvalue weighted by atomic mass is 10.0. The molecule has 2 rings (SSSR count). The minimum atomic E-state index is -0.517. The van der Waals surface area contributed by atoms with Crippen molar-refractivity contribution in [3.05, 3.63) is 69.7 Å². The van der Waals surface area contributed by atoms with Gasteiger partial charge in [0.1, 0.15) is 6.54 Å². The summed E-state index contributed by atoms with van der Waals surface area (Å²) in [5.74, 6) is -0.218. The molecule has 0 saturated carbocycles. The van der Waals surface area contributed by atoms with Crippen LogP contribution in [0, 0.1) is 0 Å². The van der Waals surface area contributed by atoms with E-state index in [1.165, 1.54) is 6.92 Å². The minimum Gasteiger partial charge on any atom is -0.341 e. The normalized spacial score (nSPS) is 13.1. The standard InChI is InChI=1S/C20H22Cl2N2O2/c1-14(25)19(10-15-6-4-3-5-7-15)23-20(26)13-24(2)12-16-8-9-17(21)11-18(16)22/h3-9,11,19H,10,12-13H2,1-2H3,(H,23,26)/p+1/t19-/m0/s1. The predicted octanol–water partition coefficient (Wildman–Crippen LogP) is 2.32. The topological polar surface area (TPSA) is 50.6 Å². The number of hydrogen-bond acceptors (Lipinski definition) is 2. The number of hydrogen-bond donors (Lipinski definition) is 2. The average molecular weight is 394 g/mol. The zero-order valence-electron chi connectivity index (χ0n) is 14.9. The number of nitrogens with one attached hydrogen (secondary N) is 2. The second kappa shape index (κ2) is 9.72. The van der Waals surface area contributed by atoms with E-state index in [1.807, 2.05) is 43.4 Å². The van der Waals surface area contributed by atoms with Gasteiger partial charge in [0.15, 0.2) is 12.3 Å². The second-order valence-corrected chi connectivity index (χ2v) is 7.31. The van der Waals surface area contributed by atoms with Crippen molar-refractivity contribution >= 4 is 34.9 Å². The van der Waals surface area contributed by atoms with Gasteiger partial charge in [0.05, 0.1) is 18.1 Å². The number of amides is 1. The van der Waals surface area contributed by atoms with E-state index in [9.17, 15) is 9.59 Å². The van der Waals surface area contributed by atoms with Crippen LogP contribution in [0.15, 0.2) is 48.5 Å². The molecule has 4 nitrogen and oxygen atoms in total. The van der Waals surface area contributed by atoms with Gasteiger partial charge in [-0.05, 0) is 31.0 Å². The van der Waals surface area contributed by atoms with Gasteiger partial charge in [0.2, 0.25) is 0 Å². The highest BCUT2D eigenvalue weighted by atomic mass is 35.5. The van der Waals surface area contributed by atoms with Crippen molar-refractivity contribution in [2.75, 3.05) is 13.6 Å². The molecule has 2 aromatic carbocycles. The quantitative estimate of drug-likeness (QED) is 0.722. The Morgan fingerprint density at radius 3 is 2.42 bits per heavy atom. The lowest BCUT2D eigenvalue weighted by molar-refractivity contribution is -0.885. The van der Waals surface area contributed by atoms with Gasteiger partial charge in [-0.2, -0.15) is 0 Å². The van der Waals surface area contributed by atoms with Gasteiger partial charge in [-0.3, -0.25) is 9.59 Å². The van der Waals surface area contributed by atoms with Crippen LogP contribution in [0.4, 0.5) is 0 Å². The summed E-state index contributed by atoms with van der Waals surface area (Å²) in [6.45, 7) is 2.34. The molecule has 1 amide bonds.